The molecule has 124 valence electrons. The minimum atomic E-state index is 0.891. The normalized spacial score (nSPS) is 20.8. The van der Waals surface area contributed by atoms with Crippen LogP contribution in [0.1, 0.15) is 47.9 Å². The van der Waals surface area contributed by atoms with Gasteiger partial charge in [-0.1, -0.05) is 41.7 Å². The molecule has 0 aromatic heterocycles. The molecule has 0 N–H and O–H groups in total. The molecule has 1 atom stereocenters. The Labute approximate surface area is 148 Å². The zero-order valence-electron chi connectivity index (χ0n) is 14.8. The average Bonchev–Trinajstić information content (AvgIpc) is 2.63. The van der Waals surface area contributed by atoms with Crippen LogP contribution in [-0.4, -0.2) is 12.3 Å². The highest BCUT2D eigenvalue weighted by molar-refractivity contribution is 7.37. The average molecular weight is 334 g/mol. The smallest absolute Gasteiger partial charge is 0.0249 e. The van der Waals surface area contributed by atoms with Gasteiger partial charge in [-0.05, 0) is 87.1 Å². The van der Waals surface area contributed by atoms with Gasteiger partial charge in [0.05, 0.1) is 0 Å². The molecule has 1 saturated carbocycles. The second-order valence-corrected chi connectivity index (χ2v) is 8.42. The Bertz CT molecular complexity index is 692. The molecule has 0 bridgehead atoms. The topological polar surface area (TPSA) is 0 Å². The molecule has 0 heterocycles. The summed E-state index contributed by atoms with van der Waals surface area (Å²) in [7, 11) is 1.13. The van der Waals surface area contributed by atoms with E-state index in [2.05, 4.69) is 74.0 Å². The van der Waals surface area contributed by atoms with Crippen LogP contribution >= 0.6 is 8.58 Å². The largest absolute Gasteiger partial charge is 0.122 e. The molecule has 0 aliphatic heterocycles. The van der Waals surface area contributed by atoms with Gasteiger partial charge in [-0.25, -0.2) is 0 Å². The maximum atomic E-state index is 3.28. The molecule has 1 aliphatic carbocycles. The lowest BCUT2D eigenvalue weighted by atomic mass is 9.84. The van der Waals surface area contributed by atoms with E-state index in [0.29, 0.717) is 0 Å². The number of hydrogen-bond donors (Lipinski definition) is 0. The molecular weight excluding hydrogens is 307 g/mol. The Balaban J connectivity index is 1.57. The molecule has 1 aliphatic rings. The molecular formula is C23H27P. The van der Waals surface area contributed by atoms with E-state index < -0.39 is 0 Å². The van der Waals surface area contributed by atoms with Crippen molar-refractivity contribution in [3.8, 4) is 11.8 Å². The SMILES string of the molecule is CPC1CCC(Cc2ccc(C#Cc3ccc(C)cc3)cc2)CC1. The molecule has 3 rings (SSSR count). The highest BCUT2D eigenvalue weighted by Crippen LogP contribution is 2.35. The Morgan fingerprint density at radius 1 is 0.833 bits per heavy atom. The molecule has 24 heavy (non-hydrogen) atoms. The van der Waals surface area contributed by atoms with Crippen LogP contribution < -0.4 is 0 Å². The molecule has 0 spiro atoms. The fraction of sp³-hybridized carbons (Fsp3) is 0.391. The van der Waals surface area contributed by atoms with E-state index in [1.165, 1.54) is 43.2 Å². The van der Waals surface area contributed by atoms with Crippen LogP contribution in [0.3, 0.4) is 0 Å². The monoisotopic (exact) mass is 334 g/mol. The van der Waals surface area contributed by atoms with Crippen molar-refractivity contribution in [2.24, 2.45) is 5.92 Å². The van der Waals surface area contributed by atoms with Gasteiger partial charge in [-0.3, -0.25) is 0 Å². The molecule has 1 heteroatoms. The Kier molecular flexibility index (Phi) is 6.12. The van der Waals surface area contributed by atoms with Gasteiger partial charge in [-0.2, -0.15) is 0 Å². The lowest BCUT2D eigenvalue weighted by Crippen LogP contribution is -2.16. The van der Waals surface area contributed by atoms with Crippen molar-refractivity contribution in [2.75, 3.05) is 6.66 Å². The van der Waals surface area contributed by atoms with Crippen LogP contribution in [0.15, 0.2) is 48.5 Å². The van der Waals surface area contributed by atoms with Gasteiger partial charge in [0.15, 0.2) is 0 Å². The lowest BCUT2D eigenvalue weighted by molar-refractivity contribution is 0.362. The van der Waals surface area contributed by atoms with Crippen LogP contribution in [0.5, 0.6) is 0 Å². The van der Waals surface area contributed by atoms with E-state index in [4.69, 9.17) is 0 Å². The van der Waals surface area contributed by atoms with E-state index in [9.17, 15) is 0 Å². The molecule has 2 aromatic rings. The second kappa shape index (κ2) is 8.50. The summed E-state index contributed by atoms with van der Waals surface area (Å²) >= 11 is 0. The second-order valence-electron chi connectivity index (χ2n) is 7.02. The molecule has 2 aromatic carbocycles. The van der Waals surface area contributed by atoms with Gasteiger partial charge in [-0.15, -0.1) is 8.58 Å². The Morgan fingerprint density at radius 3 is 1.92 bits per heavy atom. The predicted molar refractivity (Wildman–Crippen MR) is 107 cm³/mol. The van der Waals surface area contributed by atoms with Crippen LogP contribution in [0, 0.1) is 24.7 Å². The van der Waals surface area contributed by atoms with Gasteiger partial charge in [0.1, 0.15) is 0 Å². The van der Waals surface area contributed by atoms with Crippen molar-refractivity contribution in [1.82, 2.24) is 0 Å². The molecule has 1 unspecified atom stereocenters. The summed E-state index contributed by atoms with van der Waals surface area (Å²) in [6, 6.07) is 17.3. The van der Waals surface area contributed by atoms with Gasteiger partial charge >= 0.3 is 0 Å². The summed E-state index contributed by atoms with van der Waals surface area (Å²) in [5.41, 5.74) is 5.95. The summed E-state index contributed by atoms with van der Waals surface area (Å²) in [6.07, 6.45) is 6.96. The fourth-order valence-electron chi connectivity index (χ4n) is 3.49. The van der Waals surface area contributed by atoms with Crippen molar-refractivity contribution in [3.63, 3.8) is 0 Å². The molecule has 0 saturated heterocycles. The van der Waals surface area contributed by atoms with Crippen molar-refractivity contribution >= 4 is 8.58 Å². The van der Waals surface area contributed by atoms with E-state index in [1.54, 1.807) is 0 Å². The molecule has 0 nitrogen and oxygen atoms in total. The van der Waals surface area contributed by atoms with Crippen molar-refractivity contribution in [3.05, 3.63) is 70.8 Å². The number of aryl methyl sites for hydroxylation is 1. The maximum absolute atomic E-state index is 3.28. The third kappa shape index (κ3) is 4.96. The van der Waals surface area contributed by atoms with Gasteiger partial charge in [0.25, 0.3) is 0 Å². The number of hydrogen-bond acceptors (Lipinski definition) is 0. The highest BCUT2D eigenvalue weighted by atomic mass is 31.1. The third-order valence-electron chi connectivity index (χ3n) is 5.14. The number of rotatable bonds is 3. The van der Waals surface area contributed by atoms with Gasteiger partial charge in [0, 0.05) is 11.1 Å². The van der Waals surface area contributed by atoms with Crippen molar-refractivity contribution in [2.45, 2.75) is 44.7 Å². The first-order valence-corrected chi connectivity index (χ1v) is 10.7. The predicted octanol–water partition coefficient (Wildman–Crippen LogP) is 5.80. The summed E-state index contributed by atoms with van der Waals surface area (Å²) < 4.78 is 0. The Morgan fingerprint density at radius 2 is 1.38 bits per heavy atom. The van der Waals surface area contributed by atoms with Crippen molar-refractivity contribution in [1.29, 1.82) is 0 Å². The summed E-state index contributed by atoms with van der Waals surface area (Å²) in [6.45, 7) is 4.46. The fourth-order valence-corrected chi connectivity index (χ4v) is 4.40. The van der Waals surface area contributed by atoms with Gasteiger partial charge < -0.3 is 0 Å². The van der Waals surface area contributed by atoms with Crippen LogP contribution in [-0.2, 0) is 6.42 Å². The molecule has 0 radical (unpaired) electrons. The highest BCUT2D eigenvalue weighted by Gasteiger charge is 2.19. The molecule has 1 fully saturated rings. The quantitative estimate of drug-likeness (QED) is 0.491. The van der Waals surface area contributed by atoms with Crippen molar-refractivity contribution < 1.29 is 0 Å². The first-order chi connectivity index (χ1) is 11.7. The maximum Gasteiger partial charge on any atom is 0.0249 e. The third-order valence-corrected chi connectivity index (χ3v) is 6.53. The zero-order chi connectivity index (χ0) is 16.8. The summed E-state index contributed by atoms with van der Waals surface area (Å²) in [5, 5.41) is 0. The van der Waals surface area contributed by atoms with Crippen LogP contribution in [0.4, 0.5) is 0 Å². The standard InChI is InChI=1S/C23H27P/c1-18-3-5-19(6-4-18)7-8-20-9-11-21(12-10-20)17-22-13-15-23(24-2)16-14-22/h3-6,9-12,22-24H,13-17H2,1-2H3. The lowest BCUT2D eigenvalue weighted by Gasteiger charge is -2.27. The molecule has 0 amide bonds. The zero-order valence-corrected chi connectivity index (χ0v) is 15.8. The van der Waals surface area contributed by atoms with Crippen LogP contribution in [0.2, 0.25) is 0 Å². The minimum absolute atomic E-state index is 0.891. The first-order valence-electron chi connectivity index (χ1n) is 9.08. The summed E-state index contributed by atoms with van der Waals surface area (Å²) in [4.78, 5) is 0. The van der Waals surface area contributed by atoms with E-state index in [0.717, 1.165) is 31.3 Å². The van der Waals surface area contributed by atoms with E-state index in [-0.39, 0.29) is 0 Å². The number of benzene rings is 2. The van der Waals surface area contributed by atoms with E-state index in [1.807, 2.05) is 0 Å². The van der Waals surface area contributed by atoms with Crippen LogP contribution in [0.25, 0.3) is 0 Å². The summed E-state index contributed by atoms with van der Waals surface area (Å²) in [5.74, 6) is 7.42. The van der Waals surface area contributed by atoms with Gasteiger partial charge in [0.2, 0.25) is 0 Å². The minimum Gasteiger partial charge on any atom is -0.122 e. The Hall–Kier alpha value is -1.57. The first kappa shape index (κ1) is 17.3. The van der Waals surface area contributed by atoms with E-state index >= 15 is 0 Å².